The number of aliphatic hydroxyl groups excluding tert-OH is 1. The van der Waals surface area contributed by atoms with Crippen LogP contribution in [0.25, 0.3) is 5.57 Å². The average Bonchev–Trinajstić information content (AvgIpc) is 2.84. The predicted octanol–water partition coefficient (Wildman–Crippen LogP) is 3.60. The lowest BCUT2D eigenvalue weighted by atomic mass is 10.1. The third-order valence-corrected chi connectivity index (χ3v) is 5.13. The maximum Gasteiger partial charge on any atom is 0.272 e. The summed E-state index contributed by atoms with van der Waals surface area (Å²) in [6.07, 6.45) is 0. The van der Waals surface area contributed by atoms with Gasteiger partial charge in [-0.1, -0.05) is 34.1 Å². The van der Waals surface area contributed by atoms with E-state index < -0.39 is 17.6 Å². The molecule has 0 bridgehead atoms. The van der Waals surface area contributed by atoms with E-state index >= 15 is 0 Å². The van der Waals surface area contributed by atoms with E-state index in [0.717, 1.165) is 21.1 Å². The van der Waals surface area contributed by atoms with E-state index in [0.29, 0.717) is 11.3 Å². The van der Waals surface area contributed by atoms with Crippen molar-refractivity contribution in [2.45, 2.75) is 0 Å². The molecular formula is C18H13BrFNO3S. The molecule has 4 nitrogen and oxygen atoms in total. The molecule has 2 aromatic rings. The van der Waals surface area contributed by atoms with Gasteiger partial charge in [0.2, 0.25) is 0 Å². The fourth-order valence-corrected chi connectivity index (χ4v) is 3.76. The topological polar surface area (TPSA) is 57.6 Å². The lowest BCUT2D eigenvalue weighted by Gasteiger charge is -2.15. The fraction of sp³-hybridized carbons (Fsp3) is 0.111. The SMILES string of the molecule is O=C1C(SCCO)=C(c2ccc(F)cc2)C(=O)N1c1cccc(Br)c1. The van der Waals surface area contributed by atoms with Crippen LogP contribution in [-0.2, 0) is 9.59 Å². The first-order chi connectivity index (χ1) is 12.0. The molecule has 0 unspecified atom stereocenters. The smallest absolute Gasteiger partial charge is 0.272 e. The Hall–Kier alpha value is -1.96. The van der Waals surface area contributed by atoms with Gasteiger partial charge < -0.3 is 5.11 Å². The van der Waals surface area contributed by atoms with Crippen molar-refractivity contribution in [2.24, 2.45) is 0 Å². The third-order valence-electron chi connectivity index (χ3n) is 3.58. The van der Waals surface area contributed by atoms with Gasteiger partial charge in [-0.05, 0) is 35.9 Å². The number of carbonyl (C=O) groups excluding carboxylic acids is 2. The molecule has 0 saturated heterocycles. The minimum Gasteiger partial charge on any atom is -0.396 e. The van der Waals surface area contributed by atoms with Crippen LogP contribution in [0, 0.1) is 5.82 Å². The van der Waals surface area contributed by atoms with Gasteiger partial charge in [0.25, 0.3) is 11.8 Å². The Morgan fingerprint density at radius 3 is 2.44 bits per heavy atom. The highest BCUT2D eigenvalue weighted by Crippen LogP contribution is 2.38. The molecule has 2 amide bonds. The first-order valence-electron chi connectivity index (χ1n) is 7.41. The molecule has 0 spiro atoms. The molecule has 1 heterocycles. The lowest BCUT2D eigenvalue weighted by Crippen LogP contribution is -2.31. The van der Waals surface area contributed by atoms with Crippen LogP contribution in [0.5, 0.6) is 0 Å². The molecule has 0 aromatic heterocycles. The van der Waals surface area contributed by atoms with Gasteiger partial charge in [0.05, 0.1) is 22.8 Å². The van der Waals surface area contributed by atoms with Crippen LogP contribution in [0.2, 0.25) is 0 Å². The number of aliphatic hydroxyl groups is 1. The minimum absolute atomic E-state index is 0.122. The summed E-state index contributed by atoms with van der Waals surface area (Å²) in [5.41, 5.74) is 1.14. The molecule has 2 aromatic carbocycles. The number of imide groups is 1. The van der Waals surface area contributed by atoms with Gasteiger partial charge in [-0.2, -0.15) is 0 Å². The van der Waals surface area contributed by atoms with Crippen molar-refractivity contribution in [3.8, 4) is 0 Å². The second-order valence-electron chi connectivity index (χ2n) is 5.21. The maximum atomic E-state index is 13.2. The second kappa shape index (κ2) is 7.51. The van der Waals surface area contributed by atoms with E-state index in [-0.39, 0.29) is 22.8 Å². The molecule has 1 aliphatic heterocycles. The highest BCUT2D eigenvalue weighted by Gasteiger charge is 2.40. The summed E-state index contributed by atoms with van der Waals surface area (Å²) in [5.74, 6) is -1.05. The third kappa shape index (κ3) is 3.53. The molecule has 0 saturated carbocycles. The molecule has 128 valence electrons. The fourth-order valence-electron chi connectivity index (χ4n) is 2.51. The highest BCUT2D eigenvalue weighted by atomic mass is 79.9. The highest BCUT2D eigenvalue weighted by molar-refractivity contribution is 9.10. The summed E-state index contributed by atoms with van der Waals surface area (Å²) in [7, 11) is 0. The zero-order valence-corrected chi connectivity index (χ0v) is 15.3. The molecule has 1 N–H and O–H groups in total. The molecule has 0 fully saturated rings. The molecular weight excluding hydrogens is 409 g/mol. The first kappa shape index (κ1) is 17.8. The van der Waals surface area contributed by atoms with Crippen LogP contribution in [-0.4, -0.2) is 29.3 Å². The van der Waals surface area contributed by atoms with Crippen molar-refractivity contribution in [3.05, 3.63) is 69.3 Å². The van der Waals surface area contributed by atoms with E-state index in [4.69, 9.17) is 5.11 Å². The predicted molar refractivity (Wildman–Crippen MR) is 99.5 cm³/mol. The van der Waals surface area contributed by atoms with Crippen molar-refractivity contribution in [2.75, 3.05) is 17.3 Å². The second-order valence-corrected chi connectivity index (χ2v) is 7.23. The number of hydrogen-bond donors (Lipinski definition) is 1. The standard InChI is InChI=1S/C18H13BrFNO3S/c19-12-2-1-3-14(10-12)21-17(23)15(11-4-6-13(20)7-5-11)16(18(21)24)25-9-8-22/h1-7,10,22H,8-9H2. The molecule has 0 atom stereocenters. The van der Waals surface area contributed by atoms with Crippen molar-refractivity contribution in [1.82, 2.24) is 0 Å². The number of hydrogen-bond acceptors (Lipinski definition) is 4. The van der Waals surface area contributed by atoms with E-state index in [1.54, 1.807) is 24.3 Å². The number of thioether (sulfide) groups is 1. The Morgan fingerprint density at radius 2 is 1.80 bits per heavy atom. The first-order valence-corrected chi connectivity index (χ1v) is 9.19. The number of halogens is 2. The minimum atomic E-state index is -0.463. The van der Waals surface area contributed by atoms with Gasteiger partial charge in [0, 0.05) is 10.2 Å². The van der Waals surface area contributed by atoms with Crippen LogP contribution >= 0.6 is 27.7 Å². The average molecular weight is 422 g/mol. The number of amides is 2. The molecule has 1 aliphatic rings. The zero-order valence-electron chi connectivity index (χ0n) is 12.9. The van der Waals surface area contributed by atoms with Gasteiger partial charge in [-0.3, -0.25) is 9.59 Å². The van der Waals surface area contributed by atoms with Gasteiger partial charge in [-0.25, -0.2) is 9.29 Å². The van der Waals surface area contributed by atoms with E-state index in [2.05, 4.69) is 15.9 Å². The van der Waals surface area contributed by atoms with E-state index in [1.807, 2.05) is 0 Å². The molecule has 25 heavy (non-hydrogen) atoms. The summed E-state index contributed by atoms with van der Waals surface area (Å²) < 4.78 is 14.0. The number of carbonyl (C=O) groups is 2. The van der Waals surface area contributed by atoms with Crippen molar-refractivity contribution in [1.29, 1.82) is 0 Å². The molecule has 0 radical (unpaired) electrons. The zero-order chi connectivity index (χ0) is 18.0. The lowest BCUT2D eigenvalue weighted by molar-refractivity contribution is -0.119. The number of anilines is 1. The Kier molecular flexibility index (Phi) is 5.36. The van der Waals surface area contributed by atoms with Crippen molar-refractivity contribution in [3.63, 3.8) is 0 Å². The van der Waals surface area contributed by atoms with Crippen LogP contribution in [0.3, 0.4) is 0 Å². The van der Waals surface area contributed by atoms with Crippen LogP contribution < -0.4 is 4.90 Å². The Labute approximate surface area is 156 Å². The van der Waals surface area contributed by atoms with E-state index in [1.165, 1.54) is 24.3 Å². The monoisotopic (exact) mass is 421 g/mol. The summed E-state index contributed by atoms with van der Waals surface area (Å²) >= 11 is 4.45. The Bertz CT molecular complexity index is 867. The Balaban J connectivity index is 2.07. The van der Waals surface area contributed by atoms with Crippen LogP contribution in [0.15, 0.2) is 57.9 Å². The number of benzene rings is 2. The van der Waals surface area contributed by atoms with Gasteiger partial charge >= 0.3 is 0 Å². The summed E-state index contributed by atoms with van der Waals surface area (Å²) in [6, 6.07) is 12.3. The largest absolute Gasteiger partial charge is 0.396 e. The number of nitrogens with zero attached hydrogens (tertiary/aromatic N) is 1. The summed E-state index contributed by atoms with van der Waals surface area (Å²) in [5, 5.41) is 9.08. The Morgan fingerprint density at radius 1 is 1.08 bits per heavy atom. The molecule has 0 aliphatic carbocycles. The van der Waals surface area contributed by atoms with Gasteiger partial charge in [-0.15, -0.1) is 11.8 Å². The number of rotatable bonds is 5. The van der Waals surface area contributed by atoms with Crippen LogP contribution in [0.1, 0.15) is 5.56 Å². The molecule has 3 rings (SSSR count). The quantitative estimate of drug-likeness (QED) is 0.749. The summed E-state index contributed by atoms with van der Waals surface area (Å²) in [4.78, 5) is 27.1. The van der Waals surface area contributed by atoms with E-state index in [9.17, 15) is 14.0 Å². The summed E-state index contributed by atoms with van der Waals surface area (Å²) in [6.45, 7) is -0.122. The van der Waals surface area contributed by atoms with Crippen molar-refractivity contribution < 1.29 is 19.1 Å². The van der Waals surface area contributed by atoms with Gasteiger partial charge in [0.15, 0.2) is 0 Å². The van der Waals surface area contributed by atoms with Crippen LogP contribution in [0.4, 0.5) is 10.1 Å². The maximum absolute atomic E-state index is 13.2. The molecule has 7 heteroatoms. The van der Waals surface area contributed by atoms with Crippen molar-refractivity contribution >= 4 is 50.8 Å². The normalized spacial score (nSPS) is 14.6. The van der Waals surface area contributed by atoms with Gasteiger partial charge in [0.1, 0.15) is 5.82 Å².